The van der Waals surface area contributed by atoms with Crippen LogP contribution in [0, 0.1) is 5.92 Å². The SMILES string of the molecule is NC(CCc1ccccc1)C(=O)NC1CCCCC1CO. The molecule has 1 aromatic carbocycles. The Morgan fingerprint density at radius 1 is 1.29 bits per heavy atom. The number of carbonyl (C=O) groups excluding carboxylic acids is 1. The molecule has 3 unspecified atom stereocenters. The highest BCUT2D eigenvalue weighted by atomic mass is 16.3. The van der Waals surface area contributed by atoms with Crippen LogP contribution in [-0.2, 0) is 11.2 Å². The zero-order valence-corrected chi connectivity index (χ0v) is 12.5. The third-order valence-corrected chi connectivity index (χ3v) is 4.39. The lowest BCUT2D eigenvalue weighted by Gasteiger charge is -2.31. The van der Waals surface area contributed by atoms with Crippen molar-refractivity contribution >= 4 is 5.91 Å². The van der Waals surface area contributed by atoms with Gasteiger partial charge in [-0.15, -0.1) is 0 Å². The molecule has 3 atom stereocenters. The minimum absolute atomic E-state index is 0.0824. The zero-order chi connectivity index (χ0) is 15.1. The van der Waals surface area contributed by atoms with Crippen LogP contribution in [0.2, 0.25) is 0 Å². The molecule has 1 saturated carbocycles. The van der Waals surface area contributed by atoms with E-state index in [2.05, 4.69) is 5.32 Å². The fourth-order valence-electron chi connectivity index (χ4n) is 3.00. The summed E-state index contributed by atoms with van der Waals surface area (Å²) in [6.45, 7) is 0.143. The lowest BCUT2D eigenvalue weighted by molar-refractivity contribution is -0.123. The van der Waals surface area contributed by atoms with Crippen LogP contribution in [0.1, 0.15) is 37.7 Å². The first-order valence-corrected chi connectivity index (χ1v) is 7.91. The first kappa shape index (κ1) is 16.0. The number of carbonyl (C=O) groups is 1. The smallest absolute Gasteiger partial charge is 0.237 e. The fourth-order valence-corrected chi connectivity index (χ4v) is 3.00. The monoisotopic (exact) mass is 290 g/mol. The summed E-state index contributed by atoms with van der Waals surface area (Å²) in [5.41, 5.74) is 7.20. The lowest BCUT2D eigenvalue weighted by atomic mass is 9.85. The van der Waals surface area contributed by atoms with Gasteiger partial charge in [0.1, 0.15) is 0 Å². The van der Waals surface area contributed by atoms with E-state index in [9.17, 15) is 9.90 Å². The van der Waals surface area contributed by atoms with Crippen molar-refractivity contribution in [3.05, 3.63) is 35.9 Å². The number of rotatable bonds is 6. The normalized spacial score (nSPS) is 23.5. The maximum atomic E-state index is 12.2. The number of hydrogen-bond donors (Lipinski definition) is 3. The summed E-state index contributed by atoms with van der Waals surface area (Å²) in [7, 11) is 0. The molecule has 1 amide bonds. The minimum Gasteiger partial charge on any atom is -0.396 e. The number of aliphatic hydroxyl groups is 1. The highest BCUT2D eigenvalue weighted by molar-refractivity contribution is 5.81. The van der Waals surface area contributed by atoms with Crippen molar-refractivity contribution in [1.82, 2.24) is 5.32 Å². The van der Waals surface area contributed by atoms with Crippen molar-refractivity contribution in [2.24, 2.45) is 11.7 Å². The molecule has 4 nitrogen and oxygen atoms in total. The molecule has 0 bridgehead atoms. The van der Waals surface area contributed by atoms with E-state index in [-0.39, 0.29) is 24.5 Å². The van der Waals surface area contributed by atoms with E-state index in [1.54, 1.807) is 0 Å². The number of benzene rings is 1. The van der Waals surface area contributed by atoms with Gasteiger partial charge in [-0.2, -0.15) is 0 Å². The topological polar surface area (TPSA) is 75.4 Å². The standard InChI is InChI=1S/C17H26N2O2/c18-15(11-10-13-6-2-1-3-7-13)17(21)19-16-9-5-4-8-14(16)12-20/h1-3,6-7,14-16,20H,4-5,8-12,18H2,(H,19,21). The molecular weight excluding hydrogens is 264 g/mol. The van der Waals surface area contributed by atoms with Crippen LogP contribution in [-0.4, -0.2) is 29.7 Å². The molecule has 1 aliphatic carbocycles. The summed E-state index contributed by atoms with van der Waals surface area (Å²) in [5.74, 6) is 0.0975. The number of nitrogens with two attached hydrogens (primary N) is 1. The average molecular weight is 290 g/mol. The van der Waals surface area contributed by atoms with Crippen molar-refractivity contribution in [2.45, 2.75) is 50.6 Å². The summed E-state index contributed by atoms with van der Waals surface area (Å²) in [5, 5.41) is 12.4. The van der Waals surface area contributed by atoms with Crippen molar-refractivity contribution in [1.29, 1.82) is 0 Å². The highest BCUT2D eigenvalue weighted by Crippen LogP contribution is 2.24. The van der Waals surface area contributed by atoms with Crippen LogP contribution in [0.3, 0.4) is 0 Å². The van der Waals surface area contributed by atoms with Gasteiger partial charge in [0.25, 0.3) is 0 Å². The predicted molar refractivity (Wildman–Crippen MR) is 83.7 cm³/mol. The molecule has 4 N–H and O–H groups in total. The van der Waals surface area contributed by atoms with Crippen LogP contribution in [0.15, 0.2) is 30.3 Å². The van der Waals surface area contributed by atoms with Gasteiger partial charge in [0.15, 0.2) is 0 Å². The Morgan fingerprint density at radius 3 is 2.71 bits per heavy atom. The summed E-state index contributed by atoms with van der Waals surface area (Å²) in [4.78, 5) is 12.2. The molecule has 21 heavy (non-hydrogen) atoms. The molecule has 4 heteroatoms. The molecule has 0 aromatic heterocycles. The molecule has 0 aliphatic heterocycles. The summed E-state index contributed by atoms with van der Waals surface area (Å²) >= 11 is 0. The van der Waals surface area contributed by atoms with Crippen molar-refractivity contribution < 1.29 is 9.90 Å². The lowest BCUT2D eigenvalue weighted by Crippen LogP contribution is -2.49. The largest absolute Gasteiger partial charge is 0.396 e. The summed E-state index contributed by atoms with van der Waals surface area (Å²) in [6, 6.07) is 9.67. The van der Waals surface area contributed by atoms with Gasteiger partial charge in [-0.3, -0.25) is 4.79 Å². The first-order valence-electron chi connectivity index (χ1n) is 7.91. The van der Waals surface area contributed by atoms with Crippen LogP contribution < -0.4 is 11.1 Å². The van der Waals surface area contributed by atoms with Crippen molar-refractivity contribution in [3.8, 4) is 0 Å². The number of aryl methyl sites for hydroxylation is 1. The molecule has 1 aliphatic rings. The minimum atomic E-state index is -0.480. The second-order valence-electron chi connectivity index (χ2n) is 5.97. The van der Waals surface area contributed by atoms with Gasteiger partial charge in [-0.05, 0) is 31.2 Å². The Labute approximate surface area is 126 Å². The molecule has 0 heterocycles. The number of amides is 1. The molecule has 0 radical (unpaired) electrons. The van der Waals surface area contributed by atoms with Gasteiger partial charge in [0, 0.05) is 18.6 Å². The first-order chi connectivity index (χ1) is 10.2. The Hall–Kier alpha value is -1.39. The molecule has 0 saturated heterocycles. The van der Waals surface area contributed by atoms with Gasteiger partial charge < -0.3 is 16.2 Å². The maximum absolute atomic E-state index is 12.2. The van der Waals surface area contributed by atoms with E-state index in [0.717, 1.165) is 32.1 Å². The Morgan fingerprint density at radius 2 is 2.00 bits per heavy atom. The van der Waals surface area contributed by atoms with Crippen molar-refractivity contribution in [2.75, 3.05) is 6.61 Å². The van der Waals surface area contributed by atoms with Crippen LogP contribution in [0.25, 0.3) is 0 Å². The third-order valence-electron chi connectivity index (χ3n) is 4.39. The van der Waals surface area contributed by atoms with E-state index in [4.69, 9.17) is 5.73 Å². The van der Waals surface area contributed by atoms with E-state index in [1.807, 2.05) is 30.3 Å². The number of aliphatic hydroxyl groups excluding tert-OH is 1. The van der Waals surface area contributed by atoms with E-state index in [0.29, 0.717) is 6.42 Å². The summed E-state index contributed by atoms with van der Waals surface area (Å²) < 4.78 is 0. The Balaban J connectivity index is 1.79. The van der Waals surface area contributed by atoms with E-state index >= 15 is 0 Å². The van der Waals surface area contributed by atoms with E-state index in [1.165, 1.54) is 5.56 Å². The van der Waals surface area contributed by atoms with Crippen LogP contribution in [0.5, 0.6) is 0 Å². The Kier molecular flexibility index (Phi) is 6.21. The highest BCUT2D eigenvalue weighted by Gasteiger charge is 2.27. The van der Waals surface area contributed by atoms with Gasteiger partial charge in [0.05, 0.1) is 6.04 Å². The molecule has 116 valence electrons. The zero-order valence-electron chi connectivity index (χ0n) is 12.5. The van der Waals surface area contributed by atoms with Gasteiger partial charge >= 0.3 is 0 Å². The average Bonchev–Trinajstić information content (AvgIpc) is 2.54. The van der Waals surface area contributed by atoms with Gasteiger partial charge in [0.2, 0.25) is 5.91 Å². The van der Waals surface area contributed by atoms with E-state index < -0.39 is 6.04 Å². The second-order valence-corrected chi connectivity index (χ2v) is 5.97. The molecule has 1 aromatic rings. The predicted octanol–water partition coefficient (Wildman–Crippen LogP) is 1.61. The molecular formula is C17H26N2O2. The fraction of sp³-hybridized carbons (Fsp3) is 0.588. The van der Waals surface area contributed by atoms with Crippen LogP contribution >= 0.6 is 0 Å². The maximum Gasteiger partial charge on any atom is 0.237 e. The Bertz CT molecular complexity index is 436. The van der Waals surface area contributed by atoms with Gasteiger partial charge in [-0.25, -0.2) is 0 Å². The third kappa shape index (κ3) is 4.83. The second kappa shape index (κ2) is 8.15. The molecule has 2 rings (SSSR count). The van der Waals surface area contributed by atoms with Crippen LogP contribution in [0.4, 0.5) is 0 Å². The molecule has 0 spiro atoms. The molecule has 1 fully saturated rings. The van der Waals surface area contributed by atoms with Crippen molar-refractivity contribution in [3.63, 3.8) is 0 Å². The quantitative estimate of drug-likeness (QED) is 0.745. The van der Waals surface area contributed by atoms with Gasteiger partial charge in [-0.1, -0.05) is 43.2 Å². The number of nitrogens with one attached hydrogen (secondary N) is 1. The number of hydrogen-bond acceptors (Lipinski definition) is 3. The summed E-state index contributed by atoms with van der Waals surface area (Å²) in [6.07, 6.45) is 5.64.